The lowest BCUT2D eigenvalue weighted by molar-refractivity contribution is 0.0997. The highest BCUT2D eigenvalue weighted by Gasteiger charge is 2.16. The molecule has 6 nitrogen and oxygen atoms in total. The number of fused-ring (bicyclic) bond motifs is 1. The van der Waals surface area contributed by atoms with Gasteiger partial charge in [0.1, 0.15) is 5.58 Å². The van der Waals surface area contributed by atoms with Crippen molar-refractivity contribution in [3.63, 3.8) is 0 Å². The predicted octanol–water partition coefficient (Wildman–Crippen LogP) is 5.15. The predicted molar refractivity (Wildman–Crippen MR) is 116 cm³/mol. The third-order valence-corrected chi connectivity index (χ3v) is 6.37. The van der Waals surface area contributed by atoms with Crippen molar-refractivity contribution in [1.29, 1.82) is 0 Å². The molecular weight excluding hydrogens is 430 g/mol. The third-order valence-electron chi connectivity index (χ3n) is 4.08. The van der Waals surface area contributed by atoms with Gasteiger partial charge in [0.2, 0.25) is 5.13 Å². The minimum absolute atomic E-state index is 0.0673. The van der Waals surface area contributed by atoms with E-state index in [1.807, 2.05) is 37.3 Å². The van der Waals surface area contributed by atoms with Crippen LogP contribution < -0.4 is 10.7 Å². The Balaban J connectivity index is 1.46. The van der Waals surface area contributed by atoms with E-state index in [0.717, 1.165) is 11.1 Å². The Morgan fingerprint density at radius 2 is 2.00 bits per heavy atom. The molecule has 4 aromatic rings. The summed E-state index contributed by atoms with van der Waals surface area (Å²) in [4.78, 5) is 24.8. The highest BCUT2D eigenvalue weighted by Crippen LogP contribution is 2.29. The van der Waals surface area contributed by atoms with Crippen molar-refractivity contribution in [3.8, 4) is 0 Å². The van der Waals surface area contributed by atoms with Crippen LogP contribution in [0.2, 0.25) is 5.02 Å². The van der Waals surface area contributed by atoms with Crippen LogP contribution in [-0.2, 0) is 5.75 Å². The average molecular weight is 444 g/mol. The number of hydrogen-bond acceptors (Lipinski definition) is 7. The number of aryl methyl sites for hydroxylation is 1. The molecule has 2 aromatic heterocycles. The number of hydrogen-bond donors (Lipinski definition) is 1. The summed E-state index contributed by atoms with van der Waals surface area (Å²) in [5, 5.41) is 12.2. The minimum Gasteiger partial charge on any atom is -0.450 e. The van der Waals surface area contributed by atoms with Crippen molar-refractivity contribution in [2.45, 2.75) is 17.0 Å². The van der Waals surface area contributed by atoms with Gasteiger partial charge in [0.05, 0.1) is 5.39 Å². The molecule has 0 aliphatic rings. The van der Waals surface area contributed by atoms with E-state index in [4.69, 9.17) is 16.0 Å². The van der Waals surface area contributed by atoms with Crippen molar-refractivity contribution in [2.24, 2.45) is 0 Å². The van der Waals surface area contributed by atoms with Gasteiger partial charge in [0.25, 0.3) is 5.91 Å². The number of amides is 1. The normalized spacial score (nSPS) is 11.0. The van der Waals surface area contributed by atoms with E-state index in [2.05, 4.69) is 15.5 Å². The summed E-state index contributed by atoms with van der Waals surface area (Å²) >= 11 is 8.65. The fraction of sp³-hybridized carbons (Fsp3) is 0.100. The van der Waals surface area contributed by atoms with E-state index >= 15 is 0 Å². The van der Waals surface area contributed by atoms with E-state index < -0.39 is 5.91 Å². The molecule has 0 aliphatic carbocycles. The number of rotatable bonds is 5. The highest BCUT2D eigenvalue weighted by atomic mass is 35.5. The maximum absolute atomic E-state index is 12.5. The Bertz CT molecular complexity index is 1250. The first kappa shape index (κ1) is 19.6. The first-order valence-corrected chi connectivity index (χ1v) is 10.7. The van der Waals surface area contributed by atoms with E-state index in [1.54, 1.807) is 12.1 Å². The van der Waals surface area contributed by atoms with Crippen LogP contribution in [0.1, 0.15) is 21.7 Å². The first-order chi connectivity index (χ1) is 14.0. The molecule has 0 aliphatic heterocycles. The van der Waals surface area contributed by atoms with Gasteiger partial charge < -0.3 is 4.42 Å². The maximum Gasteiger partial charge on any atom is 0.293 e. The number of benzene rings is 2. The zero-order chi connectivity index (χ0) is 20.4. The molecular formula is C20H14ClN3O3S2. The quantitative estimate of drug-likeness (QED) is 0.339. The van der Waals surface area contributed by atoms with Gasteiger partial charge in [-0.3, -0.25) is 14.9 Å². The van der Waals surface area contributed by atoms with Crippen LogP contribution in [0.4, 0.5) is 5.13 Å². The number of halogens is 1. The molecule has 0 radical (unpaired) electrons. The van der Waals surface area contributed by atoms with Gasteiger partial charge in [0.15, 0.2) is 15.5 Å². The second-order valence-electron chi connectivity index (χ2n) is 6.17. The zero-order valence-electron chi connectivity index (χ0n) is 15.1. The minimum atomic E-state index is -0.544. The lowest BCUT2D eigenvalue weighted by atomic mass is 10.1. The van der Waals surface area contributed by atoms with Crippen molar-refractivity contribution < 1.29 is 9.21 Å². The molecule has 0 spiro atoms. The van der Waals surface area contributed by atoms with Crippen LogP contribution in [0.3, 0.4) is 0 Å². The topological polar surface area (TPSA) is 85.1 Å². The Labute approximate surface area is 178 Å². The Morgan fingerprint density at radius 3 is 2.79 bits per heavy atom. The summed E-state index contributed by atoms with van der Waals surface area (Å²) in [6.07, 6.45) is 0. The Kier molecular flexibility index (Phi) is 5.66. The molecule has 2 heterocycles. The van der Waals surface area contributed by atoms with Gasteiger partial charge in [-0.1, -0.05) is 59.0 Å². The molecule has 0 fully saturated rings. The molecule has 0 unspecified atom stereocenters. The molecule has 29 heavy (non-hydrogen) atoms. The average Bonchev–Trinajstić information content (AvgIpc) is 3.15. The second-order valence-corrected chi connectivity index (χ2v) is 8.81. The van der Waals surface area contributed by atoms with Gasteiger partial charge in [-0.05, 0) is 36.2 Å². The van der Waals surface area contributed by atoms with Crippen molar-refractivity contribution in [1.82, 2.24) is 10.2 Å². The largest absolute Gasteiger partial charge is 0.450 e. The van der Waals surface area contributed by atoms with E-state index in [1.165, 1.54) is 29.2 Å². The van der Waals surface area contributed by atoms with E-state index in [-0.39, 0.29) is 11.2 Å². The van der Waals surface area contributed by atoms with Gasteiger partial charge in [-0.25, -0.2) is 0 Å². The van der Waals surface area contributed by atoms with Gasteiger partial charge >= 0.3 is 0 Å². The van der Waals surface area contributed by atoms with Gasteiger partial charge in [-0.2, -0.15) is 0 Å². The zero-order valence-corrected chi connectivity index (χ0v) is 17.5. The number of anilines is 1. The lowest BCUT2D eigenvalue weighted by Crippen LogP contribution is -2.15. The van der Waals surface area contributed by atoms with E-state index in [0.29, 0.717) is 31.2 Å². The fourth-order valence-corrected chi connectivity index (χ4v) is 4.46. The van der Waals surface area contributed by atoms with Crippen LogP contribution in [0.5, 0.6) is 0 Å². The van der Waals surface area contributed by atoms with Crippen LogP contribution in [0.25, 0.3) is 11.0 Å². The summed E-state index contributed by atoms with van der Waals surface area (Å²) in [5.41, 5.74) is 2.03. The maximum atomic E-state index is 12.5. The summed E-state index contributed by atoms with van der Waals surface area (Å²) in [6.45, 7) is 1.82. The fourth-order valence-electron chi connectivity index (χ4n) is 2.63. The molecule has 2 aromatic carbocycles. The van der Waals surface area contributed by atoms with Crippen molar-refractivity contribution in [2.75, 3.05) is 5.32 Å². The molecule has 9 heteroatoms. The standard InChI is InChI=1S/C20H14ClN3O3S2/c1-11-3-2-4-14-15(25)9-16(27-17(11)14)18(26)22-19-23-24-20(29-19)28-10-12-5-7-13(21)8-6-12/h2-9H,10H2,1H3,(H,22,23,26). The molecule has 0 atom stereocenters. The lowest BCUT2D eigenvalue weighted by Gasteiger charge is -2.04. The number of nitrogens with one attached hydrogen (secondary N) is 1. The first-order valence-electron chi connectivity index (χ1n) is 8.55. The number of thioether (sulfide) groups is 1. The van der Waals surface area contributed by atoms with E-state index in [9.17, 15) is 9.59 Å². The summed E-state index contributed by atoms with van der Waals surface area (Å²) in [6, 6.07) is 14.0. The summed E-state index contributed by atoms with van der Waals surface area (Å²) < 4.78 is 6.37. The number of para-hydroxylation sites is 1. The third kappa shape index (κ3) is 4.50. The van der Waals surface area contributed by atoms with Crippen LogP contribution in [0.15, 0.2) is 62.1 Å². The SMILES string of the molecule is Cc1cccc2c(=O)cc(C(=O)Nc3nnc(SCc4ccc(Cl)cc4)s3)oc12. The molecule has 1 amide bonds. The van der Waals surface area contributed by atoms with Crippen LogP contribution >= 0.6 is 34.7 Å². The highest BCUT2D eigenvalue weighted by molar-refractivity contribution is 8.00. The van der Waals surface area contributed by atoms with Gasteiger partial charge in [0, 0.05) is 16.8 Å². The Morgan fingerprint density at radius 1 is 1.21 bits per heavy atom. The molecule has 1 N–H and O–H groups in total. The van der Waals surface area contributed by atoms with Crippen molar-refractivity contribution >= 4 is 56.7 Å². The molecule has 0 saturated heterocycles. The molecule has 0 saturated carbocycles. The number of carbonyl (C=O) groups excluding carboxylic acids is 1. The van der Waals surface area contributed by atoms with Crippen LogP contribution in [-0.4, -0.2) is 16.1 Å². The summed E-state index contributed by atoms with van der Waals surface area (Å²) in [5.74, 6) is 0.0958. The molecule has 0 bridgehead atoms. The van der Waals surface area contributed by atoms with Crippen LogP contribution in [0, 0.1) is 6.92 Å². The molecule has 146 valence electrons. The second kappa shape index (κ2) is 8.36. The Hall–Kier alpha value is -2.68. The molecule has 4 rings (SSSR count). The van der Waals surface area contributed by atoms with Gasteiger partial charge in [-0.15, -0.1) is 10.2 Å². The number of carbonyl (C=O) groups is 1. The monoisotopic (exact) mass is 443 g/mol. The van der Waals surface area contributed by atoms with Crippen molar-refractivity contribution in [3.05, 3.63) is 80.7 Å². The summed E-state index contributed by atoms with van der Waals surface area (Å²) in [7, 11) is 0. The number of aromatic nitrogens is 2. The number of nitrogens with zero attached hydrogens (tertiary/aromatic N) is 2. The smallest absolute Gasteiger partial charge is 0.293 e.